The maximum Gasteiger partial charge on any atom is 0.266 e. The number of aromatic nitrogens is 1. The number of nitrogens with zero attached hydrogens (tertiary/aromatic N) is 4. The summed E-state index contributed by atoms with van der Waals surface area (Å²) in [7, 11) is 1.67. The molecule has 9 heteroatoms. The first-order valence-electron chi connectivity index (χ1n) is 9.25. The summed E-state index contributed by atoms with van der Waals surface area (Å²) in [6, 6.07) is 0. The zero-order valence-corrected chi connectivity index (χ0v) is 18.0. The van der Waals surface area contributed by atoms with Crippen LogP contribution in [0.1, 0.15) is 48.1 Å². The Morgan fingerprint density at radius 2 is 1.93 bits per heavy atom. The van der Waals surface area contributed by atoms with Crippen molar-refractivity contribution in [3.63, 3.8) is 0 Å². The molecule has 3 amide bonds. The lowest BCUT2D eigenvalue weighted by Gasteiger charge is -2.27. The first kappa shape index (κ1) is 19.1. The Bertz CT molecular complexity index is 994. The molecule has 0 saturated carbocycles. The molecule has 2 aromatic heterocycles. The molecular weight excluding hydrogens is 396 g/mol. The van der Waals surface area contributed by atoms with Crippen LogP contribution in [0.3, 0.4) is 0 Å². The Kier molecular flexibility index (Phi) is 4.75. The van der Waals surface area contributed by atoms with Gasteiger partial charge in [0.05, 0.1) is 22.8 Å². The van der Waals surface area contributed by atoms with Crippen LogP contribution in [0, 0.1) is 13.8 Å². The third-order valence-corrected chi connectivity index (χ3v) is 7.52. The highest BCUT2D eigenvalue weighted by Crippen LogP contribution is 2.41. The average Bonchev–Trinajstić information content (AvgIpc) is 3.17. The minimum Gasteiger partial charge on any atom is -0.332 e. The van der Waals surface area contributed by atoms with Crippen molar-refractivity contribution in [1.82, 2.24) is 14.8 Å². The molecule has 0 aromatic carbocycles. The fourth-order valence-corrected chi connectivity index (χ4v) is 6.15. The van der Waals surface area contributed by atoms with Gasteiger partial charge in [0.25, 0.3) is 11.8 Å². The normalized spacial score (nSPS) is 16.9. The zero-order valence-electron chi connectivity index (χ0n) is 16.4. The van der Waals surface area contributed by atoms with Crippen LogP contribution in [-0.2, 0) is 17.8 Å². The summed E-state index contributed by atoms with van der Waals surface area (Å²) in [6.45, 7) is 7.32. The molecule has 4 rings (SSSR count). The van der Waals surface area contributed by atoms with Crippen LogP contribution in [0.5, 0.6) is 0 Å². The summed E-state index contributed by atoms with van der Waals surface area (Å²) in [5.41, 5.74) is 2.40. The quantitative estimate of drug-likeness (QED) is 0.751. The van der Waals surface area contributed by atoms with Gasteiger partial charge in [-0.25, -0.2) is 4.98 Å². The van der Waals surface area contributed by atoms with Crippen molar-refractivity contribution in [2.75, 3.05) is 31.6 Å². The smallest absolute Gasteiger partial charge is 0.266 e. The van der Waals surface area contributed by atoms with Crippen LogP contribution in [0.2, 0.25) is 0 Å². The number of anilines is 1. The molecule has 0 bridgehead atoms. The molecule has 28 heavy (non-hydrogen) atoms. The molecule has 148 valence electrons. The monoisotopic (exact) mass is 418 g/mol. The summed E-state index contributed by atoms with van der Waals surface area (Å²) in [6.07, 6.45) is 0.620. The lowest BCUT2D eigenvalue weighted by molar-refractivity contribution is -0.118. The predicted molar refractivity (Wildman–Crippen MR) is 109 cm³/mol. The van der Waals surface area contributed by atoms with E-state index in [0.29, 0.717) is 36.5 Å². The lowest BCUT2D eigenvalue weighted by Crippen LogP contribution is -2.38. The van der Waals surface area contributed by atoms with Gasteiger partial charge >= 0.3 is 0 Å². The largest absolute Gasteiger partial charge is 0.332 e. The van der Waals surface area contributed by atoms with Gasteiger partial charge in [-0.05, 0) is 32.8 Å². The van der Waals surface area contributed by atoms with Crippen molar-refractivity contribution in [2.24, 2.45) is 0 Å². The molecule has 0 saturated heterocycles. The molecule has 2 aliphatic heterocycles. The highest BCUT2D eigenvalue weighted by atomic mass is 32.1. The number of hydrogen-bond donors (Lipinski definition) is 0. The van der Waals surface area contributed by atoms with Gasteiger partial charge in [-0.3, -0.25) is 14.4 Å². The van der Waals surface area contributed by atoms with Crippen molar-refractivity contribution in [1.29, 1.82) is 0 Å². The number of likely N-dealkylation sites (N-methyl/N-ethyl adjacent to an activating group) is 2. The number of carbonyl (C=O) groups excluding carboxylic acids is 3. The number of aryl methyl sites for hydroxylation is 2. The number of fused-ring (bicyclic) bond motifs is 3. The lowest BCUT2D eigenvalue weighted by atomic mass is 10.0. The Morgan fingerprint density at radius 1 is 1.18 bits per heavy atom. The van der Waals surface area contributed by atoms with Crippen LogP contribution >= 0.6 is 22.7 Å². The Morgan fingerprint density at radius 3 is 2.57 bits per heavy atom. The molecule has 0 fully saturated rings. The molecule has 2 aromatic rings. The molecule has 0 aliphatic carbocycles. The second-order valence-corrected chi connectivity index (χ2v) is 9.39. The second-order valence-electron chi connectivity index (χ2n) is 7.11. The topological polar surface area (TPSA) is 73.8 Å². The fourth-order valence-electron chi connectivity index (χ4n) is 3.83. The molecule has 0 N–H and O–H groups in total. The Balaban J connectivity index is 1.70. The number of hydrogen-bond acceptors (Lipinski definition) is 6. The van der Waals surface area contributed by atoms with Gasteiger partial charge in [-0.1, -0.05) is 0 Å². The third-order valence-electron chi connectivity index (χ3n) is 5.22. The Labute approximate surface area is 171 Å². The minimum atomic E-state index is -0.106. The van der Waals surface area contributed by atoms with Gasteiger partial charge in [0, 0.05) is 25.0 Å². The number of thiophene rings is 1. The number of amides is 3. The van der Waals surface area contributed by atoms with Crippen molar-refractivity contribution in [3.8, 4) is 0 Å². The van der Waals surface area contributed by atoms with E-state index in [9.17, 15) is 14.4 Å². The second kappa shape index (κ2) is 6.97. The Hall–Kier alpha value is -2.26. The van der Waals surface area contributed by atoms with Crippen LogP contribution in [0.25, 0.3) is 0 Å². The first-order chi connectivity index (χ1) is 13.3. The standard InChI is InChI=1S/C19H22N4O3S2/c1-5-23-14(24)9-21(4)17(25)15-12-6-7-22(8-13(12)28-19(15)23)18(26)16-10(2)20-11(3)27-16/h5-9H2,1-4H3. The maximum absolute atomic E-state index is 13.0. The van der Waals surface area contributed by atoms with E-state index in [1.54, 1.807) is 11.9 Å². The SMILES string of the molecule is CCN1C(=O)CN(C)C(=O)c2c1sc1c2CCN(C(=O)c2sc(C)nc2C)C1. The summed E-state index contributed by atoms with van der Waals surface area (Å²) in [5.74, 6) is -0.186. The van der Waals surface area contributed by atoms with E-state index in [-0.39, 0.29) is 24.3 Å². The van der Waals surface area contributed by atoms with Gasteiger partial charge in [0.15, 0.2) is 0 Å². The summed E-state index contributed by atoms with van der Waals surface area (Å²) in [4.78, 5) is 49.5. The van der Waals surface area contributed by atoms with Crippen LogP contribution in [0.15, 0.2) is 0 Å². The van der Waals surface area contributed by atoms with Gasteiger partial charge in [0.1, 0.15) is 16.4 Å². The summed E-state index contributed by atoms with van der Waals surface area (Å²) < 4.78 is 0. The fraction of sp³-hybridized carbons (Fsp3) is 0.474. The van der Waals surface area contributed by atoms with E-state index in [2.05, 4.69) is 4.98 Å². The van der Waals surface area contributed by atoms with Gasteiger partial charge < -0.3 is 14.7 Å². The third kappa shape index (κ3) is 2.93. The van der Waals surface area contributed by atoms with Gasteiger partial charge in [-0.15, -0.1) is 22.7 Å². The van der Waals surface area contributed by atoms with E-state index in [4.69, 9.17) is 0 Å². The number of rotatable bonds is 2. The number of thiazole rings is 1. The van der Waals surface area contributed by atoms with Crippen LogP contribution in [-0.4, -0.2) is 59.2 Å². The van der Waals surface area contributed by atoms with E-state index in [1.807, 2.05) is 25.7 Å². The van der Waals surface area contributed by atoms with E-state index >= 15 is 0 Å². The number of carbonyl (C=O) groups is 3. The van der Waals surface area contributed by atoms with Gasteiger partial charge in [-0.2, -0.15) is 0 Å². The predicted octanol–water partition coefficient (Wildman–Crippen LogP) is 2.46. The average molecular weight is 419 g/mol. The van der Waals surface area contributed by atoms with E-state index < -0.39 is 0 Å². The zero-order chi connectivity index (χ0) is 20.2. The van der Waals surface area contributed by atoms with Crippen molar-refractivity contribution < 1.29 is 14.4 Å². The van der Waals surface area contributed by atoms with E-state index in [0.717, 1.165) is 26.1 Å². The molecule has 4 heterocycles. The molecule has 0 atom stereocenters. The highest BCUT2D eigenvalue weighted by Gasteiger charge is 2.37. The summed E-state index contributed by atoms with van der Waals surface area (Å²) in [5, 5.41) is 1.61. The minimum absolute atomic E-state index is 0.00999. The molecule has 0 radical (unpaired) electrons. The van der Waals surface area contributed by atoms with Crippen LogP contribution in [0.4, 0.5) is 5.00 Å². The first-order valence-corrected chi connectivity index (χ1v) is 10.9. The van der Waals surface area contributed by atoms with Crippen LogP contribution < -0.4 is 4.90 Å². The van der Waals surface area contributed by atoms with Crippen molar-refractivity contribution >= 4 is 45.4 Å². The van der Waals surface area contributed by atoms with Crippen molar-refractivity contribution in [3.05, 3.63) is 31.6 Å². The molecule has 0 unspecified atom stereocenters. The molecule has 2 aliphatic rings. The molecule has 0 spiro atoms. The van der Waals surface area contributed by atoms with Crippen molar-refractivity contribution in [2.45, 2.75) is 33.7 Å². The highest BCUT2D eigenvalue weighted by molar-refractivity contribution is 7.17. The molecular formula is C19H22N4O3S2. The van der Waals surface area contributed by atoms with E-state index in [1.165, 1.54) is 27.6 Å². The van der Waals surface area contributed by atoms with Gasteiger partial charge in [0.2, 0.25) is 5.91 Å². The maximum atomic E-state index is 13.0. The molecule has 7 nitrogen and oxygen atoms in total. The summed E-state index contributed by atoms with van der Waals surface area (Å²) >= 11 is 2.89.